The summed E-state index contributed by atoms with van der Waals surface area (Å²) in [6.07, 6.45) is 5.83. The van der Waals surface area contributed by atoms with Crippen LogP contribution in [0.15, 0.2) is 94.3 Å². The molecule has 0 aromatic heterocycles. The largest absolute Gasteiger partial charge is 0.494 e. The van der Waals surface area contributed by atoms with Crippen LogP contribution in [0.4, 0.5) is 0 Å². The predicted molar refractivity (Wildman–Crippen MR) is 151 cm³/mol. The summed E-state index contributed by atoms with van der Waals surface area (Å²) in [6, 6.07) is 27.8. The summed E-state index contributed by atoms with van der Waals surface area (Å²) in [5.41, 5.74) is 8.54. The lowest BCUT2D eigenvalue weighted by molar-refractivity contribution is 0.245. The lowest BCUT2D eigenvalue weighted by Gasteiger charge is -2.23. The van der Waals surface area contributed by atoms with Gasteiger partial charge in [0.1, 0.15) is 5.75 Å². The molecule has 197 valence electrons. The van der Waals surface area contributed by atoms with Crippen molar-refractivity contribution in [2.45, 2.75) is 45.2 Å². The van der Waals surface area contributed by atoms with Gasteiger partial charge in [-0.25, -0.2) is 0 Å². The van der Waals surface area contributed by atoms with Crippen LogP contribution in [-0.4, -0.2) is 48.4 Å². The Kier molecular flexibility index (Phi) is 9.50. The van der Waals surface area contributed by atoms with Crippen molar-refractivity contribution in [3.8, 4) is 5.75 Å². The van der Waals surface area contributed by atoms with Gasteiger partial charge in [-0.15, -0.1) is 10.2 Å². The quantitative estimate of drug-likeness (QED) is 0.257. The second-order valence-corrected chi connectivity index (χ2v) is 10.1. The van der Waals surface area contributed by atoms with E-state index in [0.717, 1.165) is 63.4 Å². The fourth-order valence-electron chi connectivity index (χ4n) is 5.00. The maximum absolute atomic E-state index is 6.05. The van der Waals surface area contributed by atoms with Crippen molar-refractivity contribution < 1.29 is 4.74 Å². The molecule has 3 aromatic carbocycles. The zero-order valence-electron chi connectivity index (χ0n) is 22.1. The first-order chi connectivity index (χ1) is 18.8. The Morgan fingerprint density at radius 3 is 2.26 bits per heavy atom. The lowest BCUT2D eigenvalue weighted by Crippen LogP contribution is -2.27. The molecule has 1 fully saturated rings. The van der Waals surface area contributed by atoms with Crippen LogP contribution in [0.25, 0.3) is 0 Å². The van der Waals surface area contributed by atoms with Gasteiger partial charge in [-0.05, 0) is 91.3 Å². The van der Waals surface area contributed by atoms with E-state index >= 15 is 0 Å². The number of amidine groups is 1. The van der Waals surface area contributed by atoms with E-state index in [-0.39, 0.29) is 0 Å². The first-order valence-corrected chi connectivity index (χ1v) is 13.8. The fourth-order valence-corrected chi connectivity index (χ4v) is 5.00. The third kappa shape index (κ3) is 7.97. The second-order valence-electron chi connectivity index (χ2n) is 10.1. The van der Waals surface area contributed by atoms with Gasteiger partial charge in [0.25, 0.3) is 0 Å². The molecular weight excluding hydrogens is 472 g/mol. The van der Waals surface area contributed by atoms with E-state index in [1.54, 1.807) is 0 Å². The molecule has 1 radical (unpaired) electrons. The minimum absolute atomic E-state index is 0.568. The number of hydrogen-bond donors (Lipinski definition) is 0. The highest BCUT2D eigenvalue weighted by Gasteiger charge is 2.12. The van der Waals surface area contributed by atoms with Crippen molar-refractivity contribution in [1.82, 2.24) is 15.3 Å². The predicted octanol–water partition coefficient (Wildman–Crippen LogP) is 5.83. The Bertz CT molecular complexity index is 1170. The number of likely N-dealkylation sites (tertiary alicyclic amines) is 1. The normalized spacial score (nSPS) is 15.1. The Hall–Kier alpha value is -3.55. The number of unbranched alkanes of at least 4 members (excludes halogenated alkanes) is 1. The minimum Gasteiger partial charge on any atom is -0.494 e. The van der Waals surface area contributed by atoms with Crippen molar-refractivity contribution in [3.05, 3.63) is 101 Å². The molecule has 0 atom stereocenters. The fraction of sp³-hybridized carbons (Fsp3) is 0.387. The first-order valence-electron chi connectivity index (χ1n) is 13.8. The van der Waals surface area contributed by atoms with E-state index in [0.29, 0.717) is 5.84 Å². The van der Waals surface area contributed by atoms with Gasteiger partial charge in [0.2, 0.25) is 5.84 Å². The highest BCUT2D eigenvalue weighted by atomic mass is 16.5. The molecule has 1 saturated heterocycles. The molecule has 2 heterocycles. The van der Waals surface area contributed by atoms with Crippen LogP contribution >= 0.6 is 0 Å². The molecule has 0 bridgehead atoms. The van der Waals surface area contributed by atoms with Crippen LogP contribution < -0.4 is 10.3 Å². The van der Waals surface area contributed by atoms with Gasteiger partial charge in [-0.2, -0.15) is 0 Å². The molecule has 0 N–H and O–H groups in total. The van der Waals surface area contributed by atoms with Gasteiger partial charge in [0.05, 0.1) is 6.61 Å². The van der Waals surface area contributed by atoms with Crippen LogP contribution in [0, 0.1) is 0 Å². The topological polar surface area (TPSA) is 66.9 Å². The Balaban J connectivity index is 1.08. The molecule has 0 saturated carbocycles. The third-order valence-electron chi connectivity index (χ3n) is 7.16. The molecule has 2 aliphatic heterocycles. The molecule has 7 heteroatoms. The maximum atomic E-state index is 6.05. The van der Waals surface area contributed by atoms with E-state index in [9.17, 15) is 0 Å². The summed E-state index contributed by atoms with van der Waals surface area (Å²) in [6.45, 7) is 7.21. The van der Waals surface area contributed by atoms with E-state index in [2.05, 4.69) is 97.5 Å². The lowest BCUT2D eigenvalue weighted by atomic mass is 10.1. The van der Waals surface area contributed by atoms with Gasteiger partial charge in [-0.3, -0.25) is 9.80 Å². The average molecular weight is 510 g/mol. The Morgan fingerprint density at radius 2 is 1.53 bits per heavy atom. The van der Waals surface area contributed by atoms with Gasteiger partial charge >= 0.3 is 0 Å². The SMILES string of the molecule is c1ccc(CCN(CCCCOc2ccc(CN3CCCC3)cc2)Cc2ccc(C3=N[N]N=N3)cc2)cc1. The Labute approximate surface area is 226 Å². The number of hydrogen-bond acceptors (Lipinski definition) is 6. The summed E-state index contributed by atoms with van der Waals surface area (Å²) >= 11 is 0. The van der Waals surface area contributed by atoms with Crippen molar-refractivity contribution in [1.29, 1.82) is 0 Å². The maximum Gasteiger partial charge on any atom is 0.207 e. The zero-order chi connectivity index (χ0) is 25.8. The number of benzene rings is 3. The number of rotatable bonds is 14. The highest BCUT2D eigenvalue weighted by Crippen LogP contribution is 2.17. The summed E-state index contributed by atoms with van der Waals surface area (Å²) in [5, 5.41) is 11.5. The summed E-state index contributed by atoms with van der Waals surface area (Å²) < 4.78 is 6.05. The molecule has 7 nitrogen and oxygen atoms in total. The van der Waals surface area contributed by atoms with Crippen LogP contribution in [0.5, 0.6) is 5.75 Å². The monoisotopic (exact) mass is 509 g/mol. The van der Waals surface area contributed by atoms with Crippen LogP contribution in [-0.2, 0) is 19.5 Å². The number of ether oxygens (including phenoxy) is 1. The molecule has 3 aromatic rings. The van der Waals surface area contributed by atoms with Crippen molar-refractivity contribution in [2.75, 3.05) is 32.8 Å². The second kappa shape index (κ2) is 13.8. The molecule has 38 heavy (non-hydrogen) atoms. The zero-order valence-corrected chi connectivity index (χ0v) is 22.1. The van der Waals surface area contributed by atoms with E-state index in [4.69, 9.17) is 4.74 Å². The molecule has 0 amide bonds. The number of nitrogens with zero attached hydrogens (tertiary/aromatic N) is 6. The van der Waals surface area contributed by atoms with E-state index in [1.807, 2.05) is 12.1 Å². The van der Waals surface area contributed by atoms with Crippen molar-refractivity contribution in [2.24, 2.45) is 15.4 Å². The summed E-state index contributed by atoms with van der Waals surface area (Å²) in [4.78, 5) is 5.07. The molecule has 5 rings (SSSR count). The van der Waals surface area contributed by atoms with Gasteiger partial charge in [-0.1, -0.05) is 66.7 Å². The van der Waals surface area contributed by atoms with Crippen molar-refractivity contribution in [3.63, 3.8) is 0 Å². The van der Waals surface area contributed by atoms with Gasteiger partial charge in [0, 0.05) is 25.2 Å². The molecule has 0 spiro atoms. The minimum atomic E-state index is 0.568. The first kappa shape index (κ1) is 26.1. The third-order valence-corrected chi connectivity index (χ3v) is 7.16. The molecule has 2 aliphatic rings. The average Bonchev–Trinajstić information content (AvgIpc) is 3.68. The van der Waals surface area contributed by atoms with Crippen LogP contribution in [0.1, 0.15) is 47.9 Å². The highest BCUT2D eigenvalue weighted by molar-refractivity contribution is 5.99. The van der Waals surface area contributed by atoms with Crippen molar-refractivity contribution >= 4 is 5.84 Å². The standard InChI is InChI=1S/C31H37N6O/c1-2-8-26(9-3-1)18-22-37(25-27-10-14-29(15-11-27)31-32-34-35-33-31)21-6-7-23-38-30-16-12-28(13-17-30)24-36-19-4-5-20-36/h1-3,8-17H,4-7,18-25H2. The van der Waals surface area contributed by atoms with E-state index in [1.165, 1.54) is 42.6 Å². The Morgan fingerprint density at radius 1 is 0.763 bits per heavy atom. The van der Waals surface area contributed by atoms with E-state index < -0.39 is 0 Å². The molecule has 0 unspecified atom stereocenters. The smallest absolute Gasteiger partial charge is 0.207 e. The van der Waals surface area contributed by atoms with Crippen LogP contribution in [0.3, 0.4) is 0 Å². The summed E-state index contributed by atoms with van der Waals surface area (Å²) in [5.74, 6) is 1.54. The molecule has 0 aliphatic carbocycles. The van der Waals surface area contributed by atoms with Gasteiger partial charge < -0.3 is 4.74 Å². The van der Waals surface area contributed by atoms with Crippen LogP contribution in [0.2, 0.25) is 0 Å². The van der Waals surface area contributed by atoms with Gasteiger partial charge in [0.15, 0.2) is 0 Å². The molecular formula is C31H37N6O. The summed E-state index contributed by atoms with van der Waals surface area (Å²) in [7, 11) is 0.